The normalized spacial score (nSPS) is 10.2. The van der Waals surface area contributed by atoms with Crippen molar-refractivity contribution >= 4 is 35.6 Å². The molecule has 0 saturated carbocycles. The summed E-state index contributed by atoms with van der Waals surface area (Å²) < 4.78 is 2.15. The van der Waals surface area contributed by atoms with Crippen LogP contribution in [0.3, 0.4) is 0 Å². The molecule has 1 aromatic heterocycles. The number of nitrogens with zero attached hydrogens (tertiary/aromatic N) is 1. The van der Waals surface area contributed by atoms with Crippen LogP contribution in [0.5, 0.6) is 5.88 Å². The second kappa shape index (κ2) is 5.97. The first-order chi connectivity index (χ1) is 7.91. The summed E-state index contributed by atoms with van der Waals surface area (Å²) >= 11 is 6.47. The number of rotatable bonds is 5. The van der Waals surface area contributed by atoms with Crippen molar-refractivity contribution in [1.82, 2.24) is 4.57 Å². The number of allylic oxidation sites excluding steroid dienone is 1. The summed E-state index contributed by atoms with van der Waals surface area (Å²) in [6, 6.07) is 0. The van der Waals surface area contributed by atoms with Crippen molar-refractivity contribution in [3.8, 4) is 5.88 Å². The van der Waals surface area contributed by atoms with Crippen molar-refractivity contribution in [2.24, 2.45) is 0 Å². The van der Waals surface area contributed by atoms with Gasteiger partial charge >= 0.3 is 5.97 Å². The van der Waals surface area contributed by atoms with Crippen molar-refractivity contribution in [1.29, 1.82) is 0 Å². The number of thiazole rings is 1. The van der Waals surface area contributed by atoms with Crippen LogP contribution in [0.4, 0.5) is 0 Å². The third-order valence-corrected chi connectivity index (χ3v) is 3.47. The van der Waals surface area contributed by atoms with Gasteiger partial charge in [0.1, 0.15) is 0 Å². The molecule has 0 spiro atoms. The minimum atomic E-state index is -0.837. The van der Waals surface area contributed by atoms with Gasteiger partial charge in [-0.1, -0.05) is 5.57 Å². The third-order valence-electron chi connectivity index (χ3n) is 2.09. The van der Waals surface area contributed by atoms with Gasteiger partial charge < -0.3 is 10.2 Å². The Balaban J connectivity index is 2.86. The highest BCUT2D eigenvalue weighted by Crippen LogP contribution is 2.28. The molecule has 0 atom stereocenters. The molecule has 0 bridgehead atoms. The molecule has 1 aromatic rings. The lowest BCUT2D eigenvalue weighted by atomic mass is 10.3. The Morgan fingerprint density at radius 1 is 1.53 bits per heavy atom. The average molecular weight is 273 g/mol. The van der Waals surface area contributed by atoms with E-state index in [1.54, 1.807) is 4.57 Å². The van der Waals surface area contributed by atoms with E-state index in [9.17, 15) is 9.90 Å². The molecule has 94 valence electrons. The Labute approximate surface area is 109 Å². The molecule has 4 nitrogen and oxygen atoms in total. The maximum absolute atomic E-state index is 10.4. The molecule has 0 aliphatic rings. The molecule has 0 unspecified atom stereocenters. The van der Waals surface area contributed by atoms with Gasteiger partial charge in [0.05, 0.1) is 4.88 Å². The highest BCUT2D eigenvalue weighted by Gasteiger charge is 2.10. The minimum absolute atomic E-state index is 0.0784. The first kappa shape index (κ1) is 13.9. The van der Waals surface area contributed by atoms with Gasteiger partial charge in [-0.25, -0.2) is 0 Å². The molecule has 17 heavy (non-hydrogen) atoms. The van der Waals surface area contributed by atoms with E-state index in [1.165, 1.54) is 11.3 Å². The van der Waals surface area contributed by atoms with Crippen LogP contribution in [0.1, 0.15) is 31.6 Å². The van der Waals surface area contributed by atoms with Crippen molar-refractivity contribution < 1.29 is 15.0 Å². The van der Waals surface area contributed by atoms with Gasteiger partial charge in [-0.05, 0) is 38.6 Å². The van der Waals surface area contributed by atoms with Gasteiger partial charge in [0.2, 0.25) is 5.88 Å². The zero-order valence-corrected chi connectivity index (χ0v) is 11.4. The summed E-state index contributed by atoms with van der Waals surface area (Å²) in [5.41, 5.74) is 1.08. The topological polar surface area (TPSA) is 62.5 Å². The van der Waals surface area contributed by atoms with Gasteiger partial charge in [0.25, 0.3) is 0 Å². The van der Waals surface area contributed by atoms with E-state index in [0.717, 1.165) is 10.5 Å². The van der Waals surface area contributed by atoms with E-state index in [0.29, 0.717) is 16.9 Å². The van der Waals surface area contributed by atoms with Crippen LogP contribution in [0.2, 0.25) is 0 Å². The van der Waals surface area contributed by atoms with Gasteiger partial charge in [0, 0.05) is 13.0 Å². The van der Waals surface area contributed by atoms with Crippen LogP contribution in [-0.2, 0) is 11.3 Å². The highest BCUT2D eigenvalue weighted by atomic mass is 32.1. The maximum Gasteiger partial charge on any atom is 0.303 e. The van der Waals surface area contributed by atoms with E-state index in [-0.39, 0.29) is 12.3 Å². The largest absolute Gasteiger partial charge is 0.493 e. The molecule has 1 rings (SSSR count). The average Bonchev–Trinajstić information content (AvgIpc) is 2.44. The molecule has 1 heterocycles. The van der Waals surface area contributed by atoms with Gasteiger partial charge in [-0.3, -0.25) is 9.36 Å². The summed E-state index contributed by atoms with van der Waals surface area (Å²) in [6.45, 7) is 4.32. The molecule has 2 N–H and O–H groups in total. The summed E-state index contributed by atoms with van der Waals surface area (Å²) in [7, 11) is 0. The van der Waals surface area contributed by atoms with Crippen LogP contribution >= 0.6 is 23.6 Å². The number of aliphatic carboxylic acids is 1. The zero-order valence-electron chi connectivity index (χ0n) is 9.77. The number of hydrogen-bond acceptors (Lipinski definition) is 4. The van der Waals surface area contributed by atoms with Gasteiger partial charge in [-0.2, -0.15) is 0 Å². The van der Waals surface area contributed by atoms with Crippen molar-refractivity contribution in [2.45, 2.75) is 33.2 Å². The lowest BCUT2D eigenvalue weighted by Gasteiger charge is -2.02. The van der Waals surface area contributed by atoms with E-state index in [4.69, 9.17) is 17.3 Å². The van der Waals surface area contributed by atoms with Gasteiger partial charge in [0.15, 0.2) is 3.95 Å². The van der Waals surface area contributed by atoms with Gasteiger partial charge in [-0.15, -0.1) is 11.3 Å². The predicted molar refractivity (Wildman–Crippen MR) is 71.0 cm³/mol. The number of aromatic nitrogens is 1. The van der Waals surface area contributed by atoms with Crippen molar-refractivity contribution in [3.05, 3.63) is 14.4 Å². The molecule has 6 heteroatoms. The second-order valence-electron chi connectivity index (χ2n) is 3.93. The quantitative estimate of drug-likeness (QED) is 0.808. The number of carboxylic acid groups (broad SMARTS) is 1. The summed E-state index contributed by atoms with van der Waals surface area (Å²) in [5.74, 6) is -0.706. The molecule has 0 saturated heterocycles. The molecule has 0 fully saturated rings. The minimum Gasteiger partial charge on any atom is -0.493 e. The van der Waals surface area contributed by atoms with Crippen LogP contribution in [0, 0.1) is 3.95 Å². The molecule has 0 aromatic carbocycles. The Morgan fingerprint density at radius 2 is 2.18 bits per heavy atom. The van der Waals surface area contributed by atoms with E-state index in [2.05, 4.69) is 0 Å². The molecule has 0 aliphatic heterocycles. The van der Waals surface area contributed by atoms with Crippen molar-refractivity contribution in [2.75, 3.05) is 0 Å². The Kier molecular flexibility index (Phi) is 4.89. The molecular weight excluding hydrogens is 258 g/mol. The summed E-state index contributed by atoms with van der Waals surface area (Å²) in [4.78, 5) is 11.1. The SMILES string of the molecule is CC(C)=Cc1sc(=S)n(CCCC(=O)O)c1O. The predicted octanol–water partition coefficient (Wildman–Crippen LogP) is 3.27. The Morgan fingerprint density at radius 3 is 2.71 bits per heavy atom. The standard InChI is InChI=1S/C11H15NO3S2/c1-7(2)6-8-10(15)12(11(16)17-8)5-3-4-9(13)14/h6,15H,3-5H2,1-2H3,(H,13,14). The van der Waals surface area contributed by atoms with Crippen LogP contribution in [0.15, 0.2) is 5.57 Å². The zero-order chi connectivity index (χ0) is 13.0. The monoisotopic (exact) mass is 273 g/mol. The summed E-state index contributed by atoms with van der Waals surface area (Å²) in [5, 5.41) is 18.5. The van der Waals surface area contributed by atoms with Crippen LogP contribution < -0.4 is 0 Å². The lowest BCUT2D eigenvalue weighted by Crippen LogP contribution is -2.01. The molecule has 0 radical (unpaired) electrons. The summed E-state index contributed by atoms with van der Waals surface area (Å²) in [6.07, 6.45) is 2.40. The fraction of sp³-hybridized carbons (Fsp3) is 0.455. The Bertz CT molecular complexity index is 495. The molecule has 0 aliphatic carbocycles. The second-order valence-corrected chi connectivity index (χ2v) is 5.60. The van der Waals surface area contributed by atoms with Crippen LogP contribution in [0.25, 0.3) is 6.08 Å². The van der Waals surface area contributed by atoms with Crippen molar-refractivity contribution in [3.63, 3.8) is 0 Å². The number of carboxylic acids is 1. The Hall–Kier alpha value is -1.14. The fourth-order valence-electron chi connectivity index (χ4n) is 1.36. The first-order valence-electron chi connectivity index (χ1n) is 5.21. The van der Waals surface area contributed by atoms with E-state index < -0.39 is 5.97 Å². The van der Waals surface area contributed by atoms with E-state index >= 15 is 0 Å². The first-order valence-corrected chi connectivity index (χ1v) is 6.43. The smallest absolute Gasteiger partial charge is 0.303 e. The number of hydrogen-bond donors (Lipinski definition) is 2. The fourth-order valence-corrected chi connectivity index (χ4v) is 2.78. The number of aromatic hydroxyl groups is 1. The lowest BCUT2D eigenvalue weighted by molar-refractivity contribution is -0.137. The molecular formula is C11H15NO3S2. The molecule has 0 amide bonds. The number of carbonyl (C=O) groups is 1. The highest BCUT2D eigenvalue weighted by molar-refractivity contribution is 7.73. The third kappa shape index (κ3) is 3.98. The maximum atomic E-state index is 10.4. The van der Waals surface area contributed by atoms with Crippen LogP contribution in [-0.4, -0.2) is 20.7 Å². The van der Waals surface area contributed by atoms with E-state index in [1.807, 2.05) is 19.9 Å².